The molecule has 2 aliphatic rings. The molecule has 1 fully saturated rings. The zero-order valence-corrected chi connectivity index (χ0v) is 21.4. The number of benzene rings is 1. The van der Waals surface area contributed by atoms with Crippen LogP contribution in [0.1, 0.15) is 62.9 Å². The Kier molecular flexibility index (Phi) is 6.51. The minimum atomic E-state index is -0.491. The highest BCUT2D eigenvalue weighted by molar-refractivity contribution is 6.04. The summed E-state index contributed by atoms with van der Waals surface area (Å²) in [6.07, 6.45) is 6.85. The molecule has 0 atom stereocenters. The quantitative estimate of drug-likeness (QED) is 0.487. The van der Waals surface area contributed by atoms with E-state index < -0.39 is 5.60 Å². The first-order valence-corrected chi connectivity index (χ1v) is 12.5. The summed E-state index contributed by atoms with van der Waals surface area (Å²) in [5.74, 6) is 1.20. The SMILES string of the molecule is CON=C1CCc2cc(-c3nc(C4CCN(C(=O)OC(C)(C)C)CC4)[nH]c3-c3ccncc3)ccc21. The van der Waals surface area contributed by atoms with Gasteiger partial charge in [0.1, 0.15) is 18.5 Å². The lowest BCUT2D eigenvalue weighted by Gasteiger charge is -2.32. The zero-order chi connectivity index (χ0) is 25.3. The number of hydrogen-bond acceptors (Lipinski definition) is 6. The van der Waals surface area contributed by atoms with Crippen molar-refractivity contribution in [2.24, 2.45) is 5.16 Å². The molecule has 0 spiro atoms. The molecule has 1 aromatic carbocycles. The molecule has 1 saturated heterocycles. The first-order chi connectivity index (χ1) is 17.3. The van der Waals surface area contributed by atoms with Crippen LogP contribution < -0.4 is 0 Å². The largest absolute Gasteiger partial charge is 0.444 e. The number of H-pyrrole nitrogens is 1. The molecule has 0 bridgehead atoms. The Morgan fingerprint density at radius 1 is 1.08 bits per heavy atom. The Bertz CT molecular complexity index is 1270. The Morgan fingerprint density at radius 2 is 1.83 bits per heavy atom. The molecule has 5 rings (SSSR count). The molecule has 0 radical (unpaired) electrons. The number of nitrogens with zero attached hydrogens (tertiary/aromatic N) is 4. The number of aromatic nitrogens is 3. The van der Waals surface area contributed by atoms with Gasteiger partial charge in [-0.05, 0) is 70.2 Å². The number of carbonyl (C=O) groups excluding carboxylic acids is 1. The van der Waals surface area contributed by atoms with Gasteiger partial charge in [0.2, 0.25) is 0 Å². The molecule has 1 amide bonds. The van der Waals surface area contributed by atoms with Crippen LogP contribution in [0.4, 0.5) is 4.79 Å². The maximum absolute atomic E-state index is 12.5. The van der Waals surface area contributed by atoms with Crippen molar-refractivity contribution in [2.45, 2.75) is 58.0 Å². The number of nitrogens with one attached hydrogen (secondary N) is 1. The fourth-order valence-corrected chi connectivity index (χ4v) is 5.01. The van der Waals surface area contributed by atoms with Crippen LogP contribution in [0, 0.1) is 0 Å². The third-order valence-electron chi connectivity index (χ3n) is 6.75. The molecular weight excluding hydrogens is 454 g/mol. The Hall–Kier alpha value is -3.68. The van der Waals surface area contributed by atoms with Crippen molar-refractivity contribution in [1.29, 1.82) is 0 Å². The summed E-state index contributed by atoms with van der Waals surface area (Å²) in [6.45, 7) is 6.99. The first-order valence-electron chi connectivity index (χ1n) is 12.5. The van der Waals surface area contributed by atoms with E-state index in [9.17, 15) is 4.79 Å². The van der Waals surface area contributed by atoms with Crippen molar-refractivity contribution < 1.29 is 14.4 Å². The number of likely N-dealkylation sites (tertiary alicyclic amines) is 1. The summed E-state index contributed by atoms with van der Waals surface area (Å²) in [7, 11) is 1.59. The molecule has 0 saturated carbocycles. The van der Waals surface area contributed by atoms with E-state index in [2.05, 4.69) is 33.3 Å². The molecule has 0 unspecified atom stereocenters. The van der Waals surface area contributed by atoms with Crippen LogP contribution >= 0.6 is 0 Å². The lowest BCUT2D eigenvalue weighted by atomic mass is 9.96. The van der Waals surface area contributed by atoms with Gasteiger partial charge >= 0.3 is 6.09 Å². The number of carbonyl (C=O) groups is 1. The van der Waals surface area contributed by atoms with Gasteiger partial charge in [-0.25, -0.2) is 9.78 Å². The number of ether oxygens (including phenoxy) is 1. The molecule has 2 aromatic heterocycles. The third-order valence-corrected chi connectivity index (χ3v) is 6.75. The normalized spacial score (nSPS) is 17.3. The zero-order valence-electron chi connectivity index (χ0n) is 21.4. The molecule has 8 nitrogen and oxygen atoms in total. The van der Waals surface area contributed by atoms with E-state index >= 15 is 0 Å². The van der Waals surface area contributed by atoms with Gasteiger partial charge in [-0.2, -0.15) is 0 Å². The lowest BCUT2D eigenvalue weighted by molar-refractivity contribution is 0.0203. The summed E-state index contributed by atoms with van der Waals surface area (Å²) in [5, 5.41) is 4.19. The number of fused-ring (bicyclic) bond motifs is 1. The van der Waals surface area contributed by atoms with E-state index in [-0.39, 0.29) is 12.0 Å². The third kappa shape index (κ3) is 4.98. The van der Waals surface area contributed by atoms with Crippen molar-refractivity contribution in [3.05, 3.63) is 59.7 Å². The lowest BCUT2D eigenvalue weighted by Crippen LogP contribution is -2.41. The number of piperidine rings is 1. The van der Waals surface area contributed by atoms with Crippen LogP contribution in [0.5, 0.6) is 0 Å². The topological polar surface area (TPSA) is 92.7 Å². The highest BCUT2D eigenvalue weighted by Crippen LogP contribution is 2.36. The predicted molar refractivity (Wildman–Crippen MR) is 139 cm³/mol. The minimum absolute atomic E-state index is 0.243. The first kappa shape index (κ1) is 24.0. The fourth-order valence-electron chi connectivity index (χ4n) is 5.01. The van der Waals surface area contributed by atoms with E-state index in [4.69, 9.17) is 14.6 Å². The average molecular weight is 488 g/mol. The average Bonchev–Trinajstić information content (AvgIpc) is 3.48. The van der Waals surface area contributed by atoms with E-state index in [1.165, 1.54) is 5.56 Å². The number of pyridine rings is 1. The minimum Gasteiger partial charge on any atom is -0.444 e. The smallest absolute Gasteiger partial charge is 0.410 e. The molecule has 1 N–H and O–H groups in total. The molecule has 8 heteroatoms. The van der Waals surface area contributed by atoms with Gasteiger partial charge in [0, 0.05) is 48.1 Å². The number of amides is 1. The number of imidazole rings is 1. The van der Waals surface area contributed by atoms with Crippen molar-refractivity contribution in [1.82, 2.24) is 19.9 Å². The van der Waals surface area contributed by atoms with Crippen LogP contribution in [-0.4, -0.2) is 57.5 Å². The van der Waals surface area contributed by atoms with Crippen molar-refractivity contribution in [3.8, 4) is 22.5 Å². The van der Waals surface area contributed by atoms with E-state index in [1.54, 1.807) is 24.4 Å². The number of oxime groups is 1. The highest BCUT2D eigenvalue weighted by atomic mass is 16.6. The predicted octanol–water partition coefficient (Wildman–Crippen LogP) is 5.55. The molecular formula is C28H33N5O3. The Labute approximate surface area is 211 Å². The van der Waals surface area contributed by atoms with Crippen LogP contribution in [-0.2, 0) is 16.0 Å². The number of rotatable bonds is 4. The summed E-state index contributed by atoms with van der Waals surface area (Å²) < 4.78 is 5.56. The van der Waals surface area contributed by atoms with E-state index in [1.807, 2.05) is 32.9 Å². The maximum Gasteiger partial charge on any atom is 0.410 e. The van der Waals surface area contributed by atoms with Crippen molar-refractivity contribution in [3.63, 3.8) is 0 Å². The highest BCUT2D eigenvalue weighted by Gasteiger charge is 2.30. The van der Waals surface area contributed by atoms with Gasteiger partial charge in [-0.3, -0.25) is 4.98 Å². The maximum atomic E-state index is 12.5. The van der Waals surface area contributed by atoms with Crippen LogP contribution in [0.2, 0.25) is 0 Å². The van der Waals surface area contributed by atoms with E-state index in [0.29, 0.717) is 13.1 Å². The molecule has 188 valence electrons. The number of aromatic amines is 1. The second-order valence-electron chi connectivity index (χ2n) is 10.4. The Morgan fingerprint density at radius 3 is 2.53 bits per heavy atom. The monoisotopic (exact) mass is 487 g/mol. The molecule has 1 aliphatic carbocycles. The molecule has 3 heterocycles. The number of aryl methyl sites for hydroxylation is 1. The van der Waals surface area contributed by atoms with Gasteiger partial charge in [0.05, 0.1) is 17.1 Å². The molecule has 3 aromatic rings. The second kappa shape index (κ2) is 9.76. The van der Waals surface area contributed by atoms with Crippen LogP contribution in [0.25, 0.3) is 22.5 Å². The standard InChI is InChI=1S/C28H33N5O3/c1-28(2,3)36-27(34)33-15-11-19(12-16-33)26-30-24(18-9-13-29-14-10-18)25(31-26)21-5-7-22-20(17-21)6-8-23(22)32-35-4/h5,7,9-10,13-14,17,19H,6,8,11-12,15-16H2,1-4H3,(H,30,31). The van der Waals surface area contributed by atoms with Crippen LogP contribution in [0.3, 0.4) is 0 Å². The second-order valence-corrected chi connectivity index (χ2v) is 10.4. The summed E-state index contributed by atoms with van der Waals surface area (Å²) in [4.78, 5) is 32.3. The fraction of sp³-hybridized carbons (Fsp3) is 0.429. The van der Waals surface area contributed by atoms with Gasteiger partial charge in [0.15, 0.2) is 0 Å². The van der Waals surface area contributed by atoms with Gasteiger partial charge in [-0.1, -0.05) is 17.3 Å². The Balaban J connectivity index is 1.42. The summed E-state index contributed by atoms with van der Waals surface area (Å²) in [5.41, 5.74) is 6.97. The van der Waals surface area contributed by atoms with Gasteiger partial charge in [-0.15, -0.1) is 0 Å². The van der Waals surface area contributed by atoms with Crippen LogP contribution in [0.15, 0.2) is 47.9 Å². The summed E-state index contributed by atoms with van der Waals surface area (Å²) >= 11 is 0. The van der Waals surface area contributed by atoms with Gasteiger partial charge < -0.3 is 19.5 Å². The molecule has 1 aliphatic heterocycles. The summed E-state index contributed by atoms with van der Waals surface area (Å²) in [6, 6.07) is 10.5. The van der Waals surface area contributed by atoms with E-state index in [0.717, 1.165) is 65.3 Å². The van der Waals surface area contributed by atoms with Crippen molar-refractivity contribution >= 4 is 11.8 Å². The molecule has 36 heavy (non-hydrogen) atoms. The number of hydrogen-bond donors (Lipinski definition) is 1. The van der Waals surface area contributed by atoms with Gasteiger partial charge in [0.25, 0.3) is 0 Å². The van der Waals surface area contributed by atoms with Crippen molar-refractivity contribution in [2.75, 3.05) is 20.2 Å².